The summed E-state index contributed by atoms with van der Waals surface area (Å²) in [4.78, 5) is 2.32. The normalized spacial score (nSPS) is 15.4. The molecule has 3 heteroatoms. The highest BCUT2D eigenvalue weighted by Gasteiger charge is 2.17. The Morgan fingerprint density at radius 2 is 2.10 bits per heavy atom. The average Bonchev–Trinajstić information content (AvgIpc) is 2.91. The van der Waals surface area contributed by atoms with Crippen LogP contribution in [0.2, 0.25) is 0 Å². The summed E-state index contributed by atoms with van der Waals surface area (Å²) in [6.07, 6.45) is 5.41. The van der Waals surface area contributed by atoms with Crippen molar-refractivity contribution < 1.29 is 4.39 Å². The van der Waals surface area contributed by atoms with Crippen LogP contribution in [0.1, 0.15) is 36.8 Å². The van der Waals surface area contributed by atoms with Gasteiger partial charge in [-0.15, -0.1) is 0 Å². The molecule has 2 rings (SSSR count). The van der Waals surface area contributed by atoms with Crippen LogP contribution < -0.4 is 5.73 Å². The van der Waals surface area contributed by atoms with Crippen molar-refractivity contribution in [1.82, 2.24) is 4.90 Å². The summed E-state index contributed by atoms with van der Waals surface area (Å²) < 4.78 is 13.3. The van der Waals surface area contributed by atoms with Gasteiger partial charge in [-0.2, -0.15) is 0 Å². The van der Waals surface area contributed by atoms with Crippen molar-refractivity contribution >= 4 is 0 Å². The monoisotopic (exact) mass is 274 g/mol. The molecule has 1 aromatic rings. The van der Waals surface area contributed by atoms with Gasteiger partial charge in [0, 0.05) is 18.7 Å². The lowest BCUT2D eigenvalue weighted by Gasteiger charge is -2.21. The zero-order valence-corrected chi connectivity index (χ0v) is 12.2. The number of rotatable bonds is 4. The second kappa shape index (κ2) is 7.42. The van der Waals surface area contributed by atoms with Crippen molar-refractivity contribution in [3.8, 4) is 11.8 Å². The van der Waals surface area contributed by atoms with Gasteiger partial charge in [0.2, 0.25) is 0 Å². The van der Waals surface area contributed by atoms with Gasteiger partial charge in [-0.1, -0.05) is 30.7 Å². The van der Waals surface area contributed by atoms with Crippen LogP contribution in [0.25, 0.3) is 0 Å². The second-order valence-electron chi connectivity index (χ2n) is 5.65. The molecule has 0 bridgehead atoms. The van der Waals surface area contributed by atoms with E-state index in [1.165, 1.54) is 37.8 Å². The van der Waals surface area contributed by atoms with E-state index in [0.717, 1.165) is 30.1 Å². The number of hydrogen-bond donors (Lipinski definition) is 1. The second-order valence-corrected chi connectivity index (χ2v) is 5.65. The van der Waals surface area contributed by atoms with Gasteiger partial charge < -0.3 is 10.6 Å². The van der Waals surface area contributed by atoms with Gasteiger partial charge in [-0.3, -0.25) is 0 Å². The van der Waals surface area contributed by atoms with Gasteiger partial charge >= 0.3 is 0 Å². The van der Waals surface area contributed by atoms with E-state index in [9.17, 15) is 4.39 Å². The van der Waals surface area contributed by atoms with Crippen LogP contribution >= 0.6 is 0 Å². The van der Waals surface area contributed by atoms with Crippen molar-refractivity contribution in [1.29, 1.82) is 0 Å². The first-order valence-corrected chi connectivity index (χ1v) is 7.35. The molecule has 1 saturated carbocycles. The van der Waals surface area contributed by atoms with E-state index < -0.39 is 0 Å². The lowest BCUT2D eigenvalue weighted by atomic mass is 10.1. The molecule has 0 amide bonds. The molecule has 1 aliphatic rings. The van der Waals surface area contributed by atoms with E-state index in [0.29, 0.717) is 6.54 Å². The van der Waals surface area contributed by atoms with E-state index in [4.69, 9.17) is 5.73 Å². The van der Waals surface area contributed by atoms with Gasteiger partial charge in [0.05, 0.1) is 6.54 Å². The molecule has 0 aliphatic heterocycles. The Morgan fingerprint density at radius 1 is 1.35 bits per heavy atom. The lowest BCUT2D eigenvalue weighted by molar-refractivity contribution is 0.271. The van der Waals surface area contributed by atoms with E-state index in [1.54, 1.807) is 0 Å². The minimum Gasteiger partial charge on any atom is -0.320 e. The summed E-state index contributed by atoms with van der Waals surface area (Å²) in [5.41, 5.74) is 7.23. The Kier molecular flexibility index (Phi) is 5.58. The zero-order chi connectivity index (χ0) is 14.4. The molecular formula is C17H23FN2. The minimum atomic E-state index is -0.242. The van der Waals surface area contributed by atoms with Crippen LogP contribution in [0.4, 0.5) is 4.39 Å². The number of hydrogen-bond acceptors (Lipinski definition) is 2. The third-order valence-corrected chi connectivity index (χ3v) is 3.88. The van der Waals surface area contributed by atoms with Crippen LogP contribution in [0, 0.1) is 23.6 Å². The van der Waals surface area contributed by atoms with Gasteiger partial charge in [0.15, 0.2) is 0 Å². The molecular weight excluding hydrogens is 251 g/mol. The summed E-state index contributed by atoms with van der Waals surface area (Å²) in [5.74, 6) is 6.36. The molecule has 1 aromatic carbocycles. The number of benzene rings is 1. The third kappa shape index (κ3) is 4.33. The predicted octanol–water partition coefficient (Wildman–Crippen LogP) is 2.76. The first-order chi connectivity index (χ1) is 9.69. The smallest absolute Gasteiger partial charge is 0.124 e. The molecule has 1 aliphatic carbocycles. The van der Waals surface area contributed by atoms with Crippen molar-refractivity contribution in [2.45, 2.75) is 32.2 Å². The van der Waals surface area contributed by atoms with Gasteiger partial charge in [0.1, 0.15) is 5.82 Å². The first kappa shape index (κ1) is 15.0. The number of nitrogens with zero attached hydrogens (tertiary/aromatic N) is 1. The SMILES string of the molecule is CN(Cc1ccc(F)cc1C#CCN)CC1CCCC1. The maximum Gasteiger partial charge on any atom is 0.124 e. The molecule has 108 valence electrons. The largest absolute Gasteiger partial charge is 0.320 e. The highest BCUT2D eigenvalue weighted by Crippen LogP contribution is 2.25. The number of halogens is 1. The molecule has 2 nitrogen and oxygen atoms in total. The van der Waals surface area contributed by atoms with Crippen molar-refractivity contribution in [3.05, 3.63) is 35.1 Å². The van der Waals surface area contributed by atoms with Crippen LogP contribution in [0.3, 0.4) is 0 Å². The van der Waals surface area contributed by atoms with E-state index in [-0.39, 0.29) is 5.82 Å². The van der Waals surface area contributed by atoms with Crippen LogP contribution in [0.15, 0.2) is 18.2 Å². The third-order valence-electron chi connectivity index (χ3n) is 3.88. The van der Waals surface area contributed by atoms with E-state index in [1.807, 2.05) is 6.07 Å². The molecule has 0 unspecified atom stereocenters. The van der Waals surface area contributed by atoms with Crippen molar-refractivity contribution in [2.75, 3.05) is 20.1 Å². The fraction of sp³-hybridized carbons (Fsp3) is 0.529. The van der Waals surface area contributed by atoms with Crippen LogP contribution in [0.5, 0.6) is 0 Å². The molecule has 20 heavy (non-hydrogen) atoms. The molecule has 0 aromatic heterocycles. The van der Waals surface area contributed by atoms with Crippen molar-refractivity contribution in [3.63, 3.8) is 0 Å². The Morgan fingerprint density at radius 3 is 2.80 bits per heavy atom. The van der Waals surface area contributed by atoms with E-state index in [2.05, 4.69) is 23.8 Å². The highest BCUT2D eigenvalue weighted by molar-refractivity contribution is 5.41. The standard InChI is InChI=1S/C17H23FN2/c1-20(12-14-5-2-3-6-14)13-16-8-9-17(18)11-15(16)7-4-10-19/h8-9,11,14H,2-3,5-6,10,12-13,19H2,1H3. The van der Waals surface area contributed by atoms with Gasteiger partial charge in [0.25, 0.3) is 0 Å². The minimum absolute atomic E-state index is 0.242. The highest BCUT2D eigenvalue weighted by atomic mass is 19.1. The van der Waals surface area contributed by atoms with Gasteiger partial charge in [-0.05, 0) is 43.5 Å². The maximum atomic E-state index is 13.3. The number of nitrogens with two attached hydrogens (primary N) is 1. The molecule has 1 fully saturated rings. The Balaban J connectivity index is 2.03. The summed E-state index contributed by atoms with van der Waals surface area (Å²) in [5, 5.41) is 0. The summed E-state index contributed by atoms with van der Waals surface area (Å²) >= 11 is 0. The zero-order valence-electron chi connectivity index (χ0n) is 12.2. The Bertz CT molecular complexity index is 495. The van der Waals surface area contributed by atoms with Crippen LogP contribution in [-0.4, -0.2) is 25.0 Å². The average molecular weight is 274 g/mol. The fourth-order valence-electron chi connectivity index (χ4n) is 2.94. The summed E-state index contributed by atoms with van der Waals surface area (Å²) in [6, 6.07) is 4.84. The Labute approximate surface area is 121 Å². The predicted molar refractivity (Wildman–Crippen MR) is 80.6 cm³/mol. The molecule has 2 N–H and O–H groups in total. The molecule has 0 spiro atoms. The first-order valence-electron chi connectivity index (χ1n) is 7.35. The molecule has 0 saturated heterocycles. The quantitative estimate of drug-likeness (QED) is 0.855. The summed E-state index contributed by atoms with van der Waals surface area (Å²) in [7, 11) is 2.13. The maximum absolute atomic E-state index is 13.3. The molecule has 0 atom stereocenters. The van der Waals surface area contributed by atoms with Crippen molar-refractivity contribution in [2.24, 2.45) is 11.7 Å². The fourth-order valence-corrected chi connectivity index (χ4v) is 2.94. The van der Waals surface area contributed by atoms with Gasteiger partial charge in [-0.25, -0.2) is 4.39 Å². The summed E-state index contributed by atoms with van der Waals surface area (Å²) in [6.45, 7) is 2.22. The Hall–Kier alpha value is -1.37. The topological polar surface area (TPSA) is 29.3 Å². The van der Waals surface area contributed by atoms with Crippen LogP contribution in [-0.2, 0) is 6.54 Å². The van der Waals surface area contributed by atoms with E-state index >= 15 is 0 Å². The lowest BCUT2D eigenvalue weighted by Crippen LogP contribution is -2.24. The molecule has 0 radical (unpaired) electrons. The molecule has 0 heterocycles.